The summed E-state index contributed by atoms with van der Waals surface area (Å²) in [5.41, 5.74) is 2.83. The van der Waals surface area contributed by atoms with Gasteiger partial charge in [-0.15, -0.1) is 11.3 Å². The van der Waals surface area contributed by atoms with Crippen molar-refractivity contribution < 1.29 is 4.79 Å². The van der Waals surface area contributed by atoms with Gasteiger partial charge in [-0.1, -0.05) is 57.0 Å². The van der Waals surface area contributed by atoms with Crippen molar-refractivity contribution in [1.82, 2.24) is 14.9 Å². The van der Waals surface area contributed by atoms with Gasteiger partial charge in [0.1, 0.15) is 6.54 Å². The molecule has 1 amide bonds. The number of halogens is 2. The minimum atomic E-state index is -0.147. The van der Waals surface area contributed by atoms with Gasteiger partial charge < -0.3 is 15.2 Å². The van der Waals surface area contributed by atoms with Crippen LogP contribution in [0.15, 0.2) is 23.7 Å². The summed E-state index contributed by atoms with van der Waals surface area (Å²) in [6.07, 6.45) is 2.84. The summed E-state index contributed by atoms with van der Waals surface area (Å²) in [7, 11) is 0. The minimum Gasteiger partial charge on any atom is -0.337 e. The third-order valence-electron chi connectivity index (χ3n) is 4.67. The Labute approximate surface area is 185 Å². The molecule has 0 unspecified atom stereocenters. The van der Waals surface area contributed by atoms with Crippen molar-refractivity contribution in [3.8, 4) is 0 Å². The van der Waals surface area contributed by atoms with Crippen LogP contribution in [0, 0.1) is 0 Å². The molecular weight excluding hydrogens is 427 g/mol. The van der Waals surface area contributed by atoms with E-state index in [2.05, 4.69) is 43.3 Å². The Morgan fingerprint density at radius 3 is 2.69 bits per heavy atom. The second-order valence-corrected chi connectivity index (χ2v) is 9.62. The first kappa shape index (κ1) is 22.1. The Bertz CT molecular complexity index is 1020. The molecule has 0 saturated heterocycles. The Hall–Kier alpha value is -1.60. The number of thiazole rings is 1. The molecular formula is C21H26Cl2N4OS. The van der Waals surface area contributed by atoms with Crippen LogP contribution in [-0.4, -0.2) is 28.5 Å². The Morgan fingerprint density at radius 1 is 1.28 bits per heavy atom. The molecule has 3 aromatic rings. The van der Waals surface area contributed by atoms with E-state index in [0.717, 1.165) is 41.7 Å². The molecule has 156 valence electrons. The number of benzene rings is 1. The molecule has 2 heterocycles. The standard InChI is InChI=1S/C21H26Cl2N4OS/c1-5-24-9-8-13-10-27(19-14(13)6-7-15(22)18(19)23)11-17(28)26-20-25-16(12-29-20)21(2,3)4/h6-7,10,12,24H,5,8-9,11H2,1-4H3,(H,25,26,28). The van der Waals surface area contributed by atoms with Crippen molar-refractivity contribution in [2.75, 3.05) is 18.4 Å². The van der Waals surface area contributed by atoms with Crippen LogP contribution in [-0.2, 0) is 23.2 Å². The summed E-state index contributed by atoms with van der Waals surface area (Å²) in [5.74, 6) is -0.147. The van der Waals surface area contributed by atoms with E-state index < -0.39 is 0 Å². The van der Waals surface area contributed by atoms with Crippen molar-refractivity contribution >= 4 is 56.5 Å². The summed E-state index contributed by atoms with van der Waals surface area (Å²) in [6.45, 7) is 10.3. The number of carbonyl (C=O) groups excluding carboxylic acids is 1. The normalized spacial score (nSPS) is 11.9. The molecule has 0 atom stereocenters. The van der Waals surface area contributed by atoms with Crippen molar-refractivity contribution in [1.29, 1.82) is 0 Å². The smallest absolute Gasteiger partial charge is 0.246 e. The van der Waals surface area contributed by atoms with Gasteiger partial charge in [0.15, 0.2) is 5.13 Å². The summed E-state index contributed by atoms with van der Waals surface area (Å²) in [4.78, 5) is 17.2. The van der Waals surface area contributed by atoms with Crippen LogP contribution in [0.25, 0.3) is 10.9 Å². The molecule has 8 heteroatoms. The number of anilines is 1. The molecule has 5 nitrogen and oxygen atoms in total. The molecule has 0 aliphatic heterocycles. The van der Waals surface area contributed by atoms with Gasteiger partial charge in [0.2, 0.25) is 5.91 Å². The summed E-state index contributed by atoms with van der Waals surface area (Å²) < 4.78 is 1.87. The van der Waals surface area contributed by atoms with Crippen LogP contribution >= 0.6 is 34.5 Å². The number of hydrogen-bond donors (Lipinski definition) is 2. The maximum Gasteiger partial charge on any atom is 0.246 e. The zero-order chi connectivity index (χ0) is 21.2. The first-order valence-corrected chi connectivity index (χ1v) is 11.3. The minimum absolute atomic E-state index is 0.0538. The van der Waals surface area contributed by atoms with Crippen LogP contribution in [0.3, 0.4) is 0 Å². The molecule has 2 aromatic heterocycles. The number of amides is 1. The van der Waals surface area contributed by atoms with Crippen molar-refractivity contribution in [2.45, 2.75) is 46.1 Å². The van der Waals surface area contributed by atoms with E-state index in [1.165, 1.54) is 11.3 Å². The molecule has 0 bridgehead atoms. The SMILES string of the molecule is CCNCCc1cn(CC(=O)Nc2nc(C(C)(C)C)cs2)c2c(Cl)c(Cl)ccc12. The molecule has 0 aliphatic carbocycles. The molecule has 0 saturated carbocycles. The van der Waals surface area contributed by atoms with E-state index in [9.17, 15) is 4.79 Å². The molecule has 1 aromatic carbocycles. The molecule has 3 rings (SSSR count). The van der Waals surface area contributed by atoms with Crippen LogP contribution < -0.4 is 10.6 Å². The van der Waals surface area contributed by atoms with Crippen molar-refractivity contribution in [3.63, 3.8) is 0 Å². The maximum atomic E-state index is 12.7. The third kappa shape index (κ3) is 5.12. The van der Waals surface area contributed by atoms with Crippen LogP contribution in [0.1, 0.15) is 39.0 Å². The zero-order valence-corrected chi connectivity index (χ0v) is 19.4. The van der Waals surface area contributed by atoms with Gasteiger partial charge in [-0.2, -0.15) is 0 Å². The number of rotatable bonds is 7. The van der Waals surface area contributed by atoms with Crippen molar-refractivity contribution in [2.24, 2.45) is 0 Å². The van der Waals surface area contributed by atoms with E-state index in [4.69, 9.17) is 23.2 Å². The van der Waals surface area contributed by atoms with E-state index in [1.807, 2.05) is 22.2 Å². The quantitative estimate of drug-likeness (QED) is 0.465. The van der Waals surface area contributed by atoms with E-state index in [0.29, 0.717) is 15.2 Å². The Kier molecular flexibility index (Phi) is 6.89. The molecule has 29 heavy (non-hydrogen) atoms. The van der Waals surface area contributed by atoms with Gasteiger partial charge in [0, 0.05) is 22.4 Å². The molecule has 0 fully saturated rings. The summed E-state index contributed by atoms with van der Waals surface area (Å²) in [6, 6.07) is 3.77. The number of aromatic nitrogens is 2. The Morgan fingerprint density at radius 2 is 2.03 bits per heavy atom. The molecule has 2 N–H and O–H groups in total. The monoisotopic (exact) mass is 452 g/mol. The predicted octanol–water partition coefficient (Wildman–Crippen LogP) is 5.49. The number of nitrogens with zero attached hydrogens (tertiary/aromatic N) is 2. The zero-order valence-electron chi connectivity index (χ0n) is 17.1. The first-order valence-electron chi connectivity index (χ1n) is 9.63. The second-order valence-electron chi connectivity index (χ2n) is 7.98. The first-order chi connectivity index (χ1) is 13.7. The molecule has 0 aliphatic rings. The van der Waals surface area contributed by atoms with Crippen molar-refractivity contribution in [3.05, 3.63) is 45.0 Å². The summed E-state index contributed by atoms with van der Waals surface area (Å²) >= 11 is 14.2. The van der Waals surface area contributed by atoms with E-state index in [1.54, 1.807) is 6.07 Å². The van der Waals surface area contributed by atoms with Gasteiger partial charge in [-0.25, -0.2) is 4.98 Å². The fourth-order valence-corrected chi connectivity index (χ4v) is 4.49. The van der Waals surface area contributed by atoms with Crippen LogP contribution in [0.4, 0.5) is 5.13 Å². The van der Waals surface area contributed by atoms with Gasteiger partial charge >= 0.3 is 0 Å². The molecule has 0 radical (unpaired) electrons. The molecule has 0 spiro atoms. The average Bonchev–Trinajstić information content (AvgIpc) is 3.24. The summed E-state index contributed by atoms with van der Waals surface area (Å²) in [5, 5.41) is 10.8. The maximum absolute atomic E-state index is 12.7. The number of nitrogens with one attached hydrogen (secondary N) is 2. The average molecular weight is 453 g/mol. The highest BCUT2D eigenvalue weighted by Gasteiger charge is 2.19. The second kappa shape index (κ2) is 9.04. The van der Waals surface area contributed by atoms with Gasteiger partial charge in [0.25, 0.3) is 0 Å². The highest BCUT2D eigenvalue weighted by atomic mass is 35.5. The third-order valence-corrected chi connectivity index (χ3v) is 6.22. The largest absolute Gasteiger partial charge is 0.337 e. The highest BCUT2D eigenvalue weighted by Crippen LogP contribution is 2.34. The van der Waals surface area contributed by atoms with Crippen LogP contribution in [0.2, 0.25) is 10.0 Å². The lowest BCUT2D eigenvalue weighted by Crippen LogP contribution is -2.19. The highest BCUT2D eigenvalue weighted by molar-refractivity contribution is 7.13. The predicted molar refractivity (Wildman–Crippen MR) is 124 cm³/mol. The van der Waals surface area contributed by atoms with Gasteiger partial charge in [-0.05, 0) is 31.1 Å². The Balaban J connectivity index is 1.84. The number of fused-ring (bicyclic) bond motifs is 1. The number of carbonyl (C=O) groups is 1. The lowest BCUT2D eigenvalue weighted by molar-refractivity contribution is -0.116. The van der Waals surface area contributed by atoms with E-state index in [-0.39, 0.29) is 17.9 Å². The number of likely N-dealkylation sites (N-methyl/N-ethyl adjacent to an activating group) is 1. The fraction of sp³-hybridized carbons (Fsp3) is 0.429. The van der Waals surface area contributed by atoms with E-state index >= 15 is 0 Å². The lowest BCUT2D eigenvalue weighted by atomic mass is 9.93. The topological polar surface area (TPSA) is 59.0 Å². The van der Waals surface area contributed by atoms with Crippen LogP contribution in [0.5, 0.6) is 0 Å². The lowest BCUT2D eigenvalue weighted by Gasteiger charge is -2.14. The number of hydrogen-bond acceptors (Lipinski definition) is 4. The van der Waals surface area contributed by atoms with Gasteiger partial charge in [0.05, 0.1) is 21.3 Å². The van der Waals surface area contributed by atoms with Gasteiger partial charge in [-0.3, -0.25) is 4.79 Å². The fourth-order valence-electron chi connectivity index (χ4n) is 3.11.